The number of carbonyl (C=O) groups is 4. The number of amides is 4. The van der Waals surface area contributed by atoms with Crippen LogP contribution in [-0.2, 0) is 42.4 Å². The highest BCUT2D eigenvalue weighted by Crippen LogP contribution is 2.44. The molecule has 0 spiro atoms. The largest absolute Gasteiger partial charge is 0.497 e. The van der Waals surface area contributed by atoms with Gasteiger partial charge in [0.05, 0.1) is 51.9 Å². The van der Waals surface area contributed by atoms with Gasteiger partial charge in [0.1, 0.15) is 38.9 Å². The molecule has 7 heterocycles. The summed E-state index contributed by atoms with van der Waals surface area (Å²) in [5.41, 5.74) is 4.22. The van der Waals surface area contributed by atoms with E-state index in [0.717, 1.165) is 32.2 Å². The van der Waals surface area contributed by atoms with Gasteiger partial charge in [-0.3, -0.25) is 37.6 Å². The number of nitrogens with one attached hydrogen (secondary N) is 2. The molecule has 10 aromatic rings. The molecule has 0 saturated carbocycles. The Hall–Kier alpha value is -9.42. The monoisotopic (exact) mass is 1500 g/mol. The molecule has 1 fully saturated rings. The number of furan rings is 2. The molecule has 3 aliphatic rings. The molecule has 0 atom stereocenters. The fourth-order valence-corrected chi connectivity index (χ4v) is 12.6. The van der Waals surface area contributed by atoms with E-state index in [2.05, 4.69) is 36.5 Å². The molecule has 22 nitrogen and oxygen atoms in total. The second-order valence-electron chi connectivity index (χ2n) is 24.4. The van der Waals surface area contributed by atoms with Crippen molar-refractivity contribution in [3.05, 3.63) is 206 Å². The Labute approximate surface area is 593 Å². The lowest BCUT2D eigenvalue weighted by Gasteiger charge is -2.32. The number of hydrogen-bond donors (Lipinski definition) is 2. The first-order chi connectivity index (χ1) is 47.2. The topological polar surface area (TPSA) is 263 Å². The molecular weight excluding hydrogens is 1440 g/mol. The lowest BCUT2D eigenvalue weighted by atomic mass is 9.77. The van der Waals surface area contributed by atoms with Gasteiger partial charge in [0.25, 0.3) is 23.6 Å². The van der Waals surface area contributed by atoms with Gasteiger partial charge in [-0.05, 0) is 164 Å². The maximum atomic E-state index is 13.7. The number of pyridine rings is 2. The number of halogens is 5. The van der Waals surface area contributed by atoms with Crippen LogP contribution in [0.5, 0.6) is 11.5 Å². The molecule has 2 N–H and O–H groups in total. The van der Waals surface area contributed by atoms with Gasteiger partial charge in [0, 0.05) is 96.4 Å². The number of rotatable bonds is 14. The SMILES string of the molecule is CNC(=O)c1c(-c2ccc(F)cc2)oc2cc(N(C)S(C)(=O)=O)c(-c3ccc4c(n3)C(=O)N(Cc3ccc(Cl)cc3)CO4)cc12.CNC(=O)c1c(-c2ccc(F)cc2)oc2cc(N(C)S(C)(=O)=O)c(B3OC(C)(C)C(C)(C)O3)cc12.O=C1c2nc(Br)ccc2OCN1Cc1ccc(Cl)cc1. The van der Waals surface area contributed by atoms with Crippen LogP contribution >= 0.6 is 39.1 Å². The number of ether oxygens (including phenoxy) is 2. The van der Waals surface area contributed by atoms with Crippen LogP contribution in [-0.4, -0.2) is 133 Å². The zero-order valence-electron chi connectivity index (χ0n) is 55.4. The molecule has 1 saturated heterocycles. The smallest absolute Gasteiger partial charge is 0.471 e. The summed E-state index contributed by atoms with van der Waals surface area (Å²) in [7, 11) is -2.56. The third-order valence-electron chi connectivity index (χ3n) is 17.2. The van der Waals surface area contributed by atoms with Crippen LogP contribution in [0.2, 0.25) is 10.0 Å². The van der Waals surface area contributed by atoms with Crippen molar-refractivity contribution < 1.29 is 72.4 Å². The zero-order chi connectivity index (χ0) is 72.1. The second-order valence-corrected chi connectivity index (χ2v) is 30.1. The summed E-state index contributed by atoms with van der Waals surface area (Å²) in [6.45, 7) is 8.53. The first-order valence-corrected chi connectivity index (χ1v) is 35.9. The maximum Gasteiger partial charge on any atom is 0.497 e. The Balaban J connectivity index is 0.000000162. The molecule has 13 rings (SSSR count). The number of hydrogen-bond acceptors (Lipinski definition) is 16. The molecule has 0 bridgehead atoms. The number of carbonyl (C=O) groups excluding carboxylic acids is 4. The maximum absolute atomic E-state index is 13.7. The number of aromatic nitrogens is 2. The van der Waals surface area contributed by atoms with Crippen LogP contribution in [0.25, 0.3) is 55.8 Å². The van der Waals surface area contributed by atoms with Crippen LogP contribution in [0, 0.1) is 11.6 Å². The molecule has 0 unspecified atom stereocenters. The van der Waals surface area contributed by atoms with E-state index in [-0.39, 0.29) is 88.5 Å². The van der Waals surface area contributed by atoms with Gasteiger partial charge in [-0.1, -0.05) is 47.5 Å². The van der Waals surface area contributed by atoms with Gasteiger partial charge in [-0.15, -0.1) is 0 Å². The fraction of sp³-hybridized carbons (Fsp3) is 0.229. The number of nitrogens with zero attached hydrogens (tertiary/aromatic N) is 6. The van der Waals surface area contributed by atoms with Crippen molar-refractivity contribution in [3.8, 4) is 45.4 Å². The van der Waals surface area contributed by atoms with Crippen LogP contribution in [0.15, 0.2) is 159 Å². The van der Waals surface area contributed by atoms with Crippen molar-refractivity contribution in [1.82, 2.24) is 30.4 Å². The molecule has 100 heavy (non-hydrogen) atoms. The average molecular weight is 1510 g/mol. The van der Waals surface area contributed by atoms with E-state index in [1.807, 2.05) is 52.0 Å². The third kappa shape index (κ3) is 14.9. The van der Waals surface area contributed by atoms with Crippen molar-refractivity contribution in [2.75, 3.05) is 62.8 Å². The Bertz CT molecular complexity index is 5100. The number of anilines is 2. The van der Waals surface area contributed by atoms with Gasteiger partial charge < -0.3 is 38.3 Å². The number of benzene rings is 6. The molecule has 3 aliphatic heterocycles. The summed E-state index contributed by atoms with van der Waals surface area (Å²) in [6.07, 6.45) is 2.14. The number of sulfonamides is 2. The van der Waals surface area contributed by atoms with Crippen LogP contribution in [0.1, 0.15) is 80.5 Å². The van der Waals surface area contributed by atoms with Crippen LogP contribution in [0.4, 0.5) is 20.2 Å². The minimum absolute atomic E-state index is 0.0141. The van der Waals surface area contributed by atoms with Crippen LogP contribution < -0.4 is 34.2 Å². The summed E-state index contributed by atoms with van der Waals surface area (Å²) in [5.74, 6) is -1.06. The molecular formula is C70H64BBrCl2F2N8O14S2. The molecule has 0 aliphatic carbocycles. The standard InChI is InChI=1S/C32H26ClFN4O6S.C24H28BFN2O6S.C14H10BrClN2O2/c1-35-31(39)28-23-14-22(25(37(2)45(3,41)42)15-27(23)44-30(28)19-6-10-21(34)11-7-19)24-12-13-26-29(36-24)32(40)38(17-43-26)16-18-4-8-20(33)9-5-18;1-23(2)24(3,4)34-25(33-23)17-12-16-19(13-18(17)28(6)35(7,30)31)32-21(20(16)22(29)27-5)14-8-10-15(26)11-9-14;15-12-6-5-11-13(17-12)14(19)18(8-20-11)7-9-1-3-10(16)4-2-9/h4-15H,16-17H2,1-3H3,(H,35,39);8-13H,1-7H3,(H,27,29);1-6H,7-8H2. The highest BCUT2D eigenvalue weighted by atomic mass is 79.9. The van der Waals surface area contributed by atoms with Crippen molar-refractivity contribution in [1.29, 1.82) is 0 Å². The van der Waals surface area contributed by atoms with Gasteiger partial charge in [-0.25, -0.2) is 35.6 Å². The Morgan fingerprint density at radius 3 is 1.44 bits per heavy atom. The molecule has 30 heteroatoms. The fourth-order valence-electron chi connectivity index (χ4n) is 11.0. The third-order valence-corrected chi connectivity index (χ3v) is 20.5. The Kier molecular flexibility index (Phi) is 20.3. The van der Waals surface area contributed by atoms with E-state index in [1.54, 1.807) is 71.6 Å². The first-order valence-electron chi connectivity index (χ1n) is 30.7. The number of fused-ring (bicyclic) bond motifs is 4. The summed E-state index contributed by atoms with van der Waals surface area (Å²) in [4.78, 5) is 64.0. The normalized spacial score (nSPS) is 14.6. The van der Waals surface area contributed by atoms with Crippen molar-refractivity contribution in [3.63, 3.8) is 0 Å². The summed E-state index contributed by atoms with van der Waals surface area (Å²) >= 11 is 15.1. The molecule has 4 aromatic heterocycles. The van der Waals surface area contributed by atoms with Crippen molar-refractivity contribution >= 4 is 129 Å². The van der Waals surface area contributed by atoms with E-state index in [4.69, 9.17) is 50.8 Å². The van der Waals surface area contributed by atoms with Crippen molar-refractivity contribution in [2.24, 2.45) is 0 Å². The van der Waals surface area contributed by atoms with Gasteiger partial charge in [0.15, 0.2) is 36.3 Å². The molecule has 518 valence electrons. The summed E-state index contributed by atoms with van der Waals surface area (Å²) < 4.78 is 116. The van der Waals surface area contributed by atoms with E-state index < -0.39 is 61.8 Å². The van der Waals surface area contributed by atoms with E-state index in [1.165, 1.54) is 87.7 Å². The lowest BCUT2D eigenvalue weighted by molar-refractivity contribution is 0.00578. The quantitative estimate of drug-likeness (QED) is 0.0757. The van der Waals surface area contributed by atoms with E-state index >= 15 is 0 Å². The van der Waals surface area contributed by atoms with E-state index in [9.17, 15) is 44.8 Å². The first kappa shape index (κ1) is 71.9. The zero-order valence-corrected chi connectivity index (χ0v) is 60.1. The van der Waals surface area contributed by atoms with E-state index in [0.29, 0.717) is 71.2 Å². The minimum Gasteiger partial charge on any atom is -0.471 e. The molecule has 0 radical (unpaired) electrons. The highest BCUT2D eigenvalue weighted by Gasteiger charge is 2.53. The van der Waals surface area contributed by atoms with Gasteiger partial charge in [0.2, 0.25) is 20.0 Å². The molecule has 4 amide bonds. The predicted octanol–water partition coefficient (Wildman–Crippen LogP) is 12.5. The average Bonchev–Trinajstić information content (AvgIpc) is 1.56. The second kappa shape index (κ2) is 28.3. The Morgan fingerprint density at radius 1 is 0.590 bits per heavy atom. The Morgan fingerprint density at radius 2 is 1.00 bits per heavy atom. The minimum atomic E-state index is -3.78. The van der Waals surface area contributed by atoms with Gasteiger partial charge >= 0.3 is 7.12 Å². The highest BCUT2D eigenvalue weighted by molar-refractivity contribution is 9.10. The van der Waals surface area contributed by atoms with Crippen LogP contribution in [0.3, 0.4) is 0 Å². The molecule has 6 aromatic carbocycles. The van der Waals surface area contributed by atoms with Crippen molar-refractivity contribution in [2.45, 2.75) is 52.0 Å². The predicted molar refractivity (Wildman–Crippen MR) is 381 cm³/mol. The summed E-state index contributed by atoms with van der Waals surface area (Å²) in [5, 5.41) is 7.28. The van der Waals surface area contributed by atoms with Gasteiger partial charge in [-0.2, -0.15) is 0 Å². The summed E-state index contributed by atoms with van der Waals surface area (Å²) in [6, 6.07) is 38.5. The lowest BCUT2D eigenvalue weighted by Crippen LogP contribution is -2.41.